The molecular formula is C13H18N4OS. The number of methoxy groups -OCH3 is 1. The Morgan fingerprint density at radius 1 is 1.37 bits per heavy atom. The van der Waals surface area contributed by atoms with Gasteiger partial charge in [-0.15, -0.1) is 5.10 Å². The van der Waals surface area contributed by atoms with Crippen LogP contribution in [0.5, 0.6) is 5.75 Å². The summed E-state index contributed by atoms with van der Waals surface area (Å²) >= 11 is 1.44. The molecule has 0 bridgehead atoms. The van der Waals surface area contributed by atoms with Crippen LogP contribution in [-0.4, -0.2) is 28.2 Å². The Hall–Kier alpha value is -1.53. The average Bonchev–Trinajstić information content (AvgIpc) is 2.93. The molecule has 102 valence electrons. The lowest BCUT2D eigenvalue weighted by Gasteiger charge is -2.17. The number of nitrogens with zero attached hydrogens (tertiary/aromatic N) is 3. The molecule has 19 heavy (non-hydrogen) atoms. The highest BCUT2D eigenvalue weighted by Gasteiger charge is 2.20. The van der Waals surface area contributed by atoms with Crippen LogP contribution in [-0.2, 0) is 6.42 Å². The van der Waals surface area contributed by atoms with Crippen LogP contribution in [0.25, 0.3) is 0 Å². The van der Waals surface area contributed by atoms with E-state index in [1.807, 2.05) is 12.3 Å². The lowest BCUT2D eigenvalue weighted by molar-refractivity contribution is 0.411. The van der Waals surface area contributed by atoms with Gasteiger partial charge >= 0.3 is 0 Å². The fourth-order valence-corrected chi connectivity index (χ4v) is 2.79. The van der Waals surface area contributed by atoms with Gasteiger partial charge in [-0.1, -0.05) is 18.3 Å². The predicted molar refractivity (Wildman–Crippen MR) is 75.6 cm³/mol. The molecule has 2 aromatic heterocycles. The third kappa shape index (κ3) is 3.08. The number of ether oxygens (including phenoxy) is 1. The van der Waals surface area contributed by atoms with Gasteiger partial charge in [-0.2, -0.15) is 0 Å². The Kier molecular flexibility index (Phi) is 4.81. The van der Waals surface area contributed by atoms with Crippen molar-refractivity contribution in [2.24, 2.45) is 0 Å². The Bertz CT molecular complexity index is 529. The Labute approximate surface area is 117 Å². The summed E-state index contributed by atoms with van der Waals surface area (Å²) in [5, 5.41) is 7.64. The summed E-state index contributed by atoms with van der Waals surface area (Å²) in [5.74, 6) is 0.760. The molecule has 0 aliphatic rings. The van der Waals surface area contributed by atoms with Crippen LogP contribution in [0.4, 0.5) is 0 Å². The van der Waals surface area contributed by atoms with E-state index in [0.717, 1.165) is 34.8 Å². The molecule has 0 saturated carbocycles. The zero-order valence-electron chi connectivity index (χ0n) is 11.4. The molecule has 2 heterocycles. The molecule has 6 heteroatoms. The molecule has 0 saturated heterocycles. The Balaban J connectivity index is 2.39. The van der Waals surface area contributed by atoms with E-state index in [2.05, 4.69) is 33.7 Å². The lowest BCUT2D eigenvalue weighted by Crippen LogP contribution is -2.22. The second kappa shape index (κ2) is 6.58. The van der Waals surface area contributed by atoms with Crippen LogP contribution < -0.4 is 10.1 Å². The maximum Gasteiger partial charge on any atom is 0.137 e. The van der Waals surface area contributed by atoms with E-state index in [4.69, 9.17) is 4.74 Å². The minimum absolute atomic E-state index is 0.0718. The van der Waals surface area contributed by atoms with Crippen molar-refractivity contribution in [3.05, 3.63) is 34.6 Å². The smallest absolute Gasteiger partial charge is 0.137 e. The molecular weight excluding hydrogens is 260 g/mol. The van der Waals surface area contributed by atoms with Crippen LogP contribution in [0, 0.1) is 0 Å². The fraction of sp³-hybridized carbons (Fsp3) is 0.462. The number of hydrogen-bond acceptors (Lipinski definition) is 6. The van der Waals surface area contributed by atoms with Crippen molar-refractivity contribution in [1.82, 2.24) is 19.9 Å². The number of pyridine rings is 1. The summed E-state index contributed by atoms with van der Waals surface area (Å²) in [6, 6.07) is 2.07. The molecule has 0 aliphatic carbocycles. The van der Waals surface area contributed by atoms with Gasteiger partial charge in [0.25, 0.3) is 0 Å². The van der Waals surface area contributed by atoms with Crippen molar-refractivity contribution in [1.29, 1.82) is 0 Å². The highest BCUT2D eigenvalue weighted by molar-refractivity contribution is 7.05. The van der Waals surface area contributed by atoms with E-state index >= 15 is 0 Å². The molecule has 5 nitrogen and oxygen atoms in total. The number of aryl methyl sites for hydroxylation is 1. The van der Waals surface area contributed by atoms with Gasteiger partial charge in [-0.25, -0.2) is 0 Å². The van der Waals surface area contributed by atoms with Gasteiger partial charge in [0.15, 0.2) is 0 Å². The van der Waals surface area contributed by atoms with E-state index in [9.17, 15) is 0 Å². The molecule has 1 N–H and O–H groups in total. The third-order valence-corrected chi connectivity index (χ3v) is 3.73. The number of aromatic nitrogens is 3. The van der Waals surface area contributed by atoms with Crippen LogP contribution in [0.2, 0.25) is 0 Å². The molecule has 0 amide bonds. The molecule has 0 fully saturated rings. The predicted octanol–water partition coefficient (Wildman–Crippen LogP) is 2.20. The first-order chi connectivity index (χ1) is 9.30. The Morgan fingerprint density at radius 3 is 2.89 bits per heavy atom. The molecule has 2 aromatic rings. The van der Waals surface area contributed by atoms with Crippen molar-refractivity contribution < 1.29 is 4.74 Å². The SMILES string of the molecule is CCNC(c1cncc(OC)c1)c1snnc1CC. The highest BCUT2D eigenvalue weighted by atomic mass is 32.1. The summed E-state index contributed by atoms with van der Waals surface area (Å²) in [5.41, 5.74) is 2.11. The van der Waals surface area contributed by atoms with Gasteiger partial charge < -0.3 is 10.1 Å². The van der Waals surface area contributed by atoms with Crippen molar-refractivity contribution in [2.45, 2.75) is 26.3 Å². The molecule has 1 unspecified atom stereocenters. The first kappa shape index (κ1) is 13.9. The second-order valence-corrected chi connectivity index (χ2v) is 4.87. The molecule has 0 radical (unpaired) electrons. The summed E-state index contributed by atoms with van der Waals surface area (Å²) in [7, 11) is 1.65. The first-order valence-electron chi connectivity index (χ1n) is 6.33. The van der Waals surface area contributed by atoms with Crippen LogP contribution in [0.15, 0.2) is 18.5 Å². The largest absolute Gasteiger partial charge is 0.495 e. The zero-order valence-corrected chi connectivity index (χ0v) is 12.2. The topological polar surface area (TPSA) is 59.9 Å². The summed E-state index contributed by atoms with van der Waals surface area (Å²) in [6.45, 7) is 5.04. The molecule has 0 aliphatic heterocycles. The quantitative estimate of drug-likeness (QED) is 0.878. The van der Waals surface area contributed by atoms with E-state index in [1.165, 1.54) is 11.5 Å². The fourth-order valence-electron chi connectivity index (χ4n) is 1.95. The maximum absolute atomic E-state index is 5.24. The standard InChI is InChI=1S/C13H18N4OS/c1-4-11-13(19-17-16-11)12(15-5-2)9-6-10(18-3)8-14-7-9/h6-8,12,15H,4-5H2,1-3H3. The lowest BCUT2D eigenvalue weighted by atomic mass is 10.1. The van der Waals surface area contributed by atoms with Gasteiger partial charge in [0.05, 0.1) is 29.9 Å². The van der Waals surface area contributed by atoms with E-state index < -0.39 is 0 Å². The van der Waals surface area contributed by atoms with Gasteiger partial charge in [-0.3, -0.25) is 4.98 Å². The van der Waals surface area contributed by atoms with Gasteiger partial charge in [0, 0.05) is 6.20 Å². The number of hydrogen-bond donors (Lipinski definition) is 1. The normalized spacial score (nSPS) is 12.4. The van der Waals surface area contributed by atoms with E-state index in [0.29, 0.717) is 0 Å². The maximum atomic E-state index is 5.24. The zero-order chi connectivity index (χ0) is 13.7. The van der Waals surface area contributed by atoms with Gasteiger partial charge in [0.1, 0.15) is 5.75 Å². The van der Waals surface area contributed by atoms with Crippen molar-refractivity contribution >= 4 is 11.5 Å². The molecule has 0 spiro atoms. The van der Waals surface area contributed by atoms with E-state index in [-0.39, 0.29) is 6.04 Å². The minimum Gasteiger partial charge on any atom is -0.495 e. The Morgan fingerprint density at radius 2 is 2.21 bits per heavy atom. The van der Waals surface area contributed by atoms with Gasteiger partial charge in [0.2, 0.25) is 0 Å². The average molecular weight is 278 g/mol. The summed E-state index contributed by atoms with van der Waals surface area (Å²) in [4.78, 5) is 5.38. The number of rotatable bonds is 6. The van der Waals surface area contributed by atoms with Crippen LogP contribution in [0.3, 0.4) is 0 Å². The van der Waals surface area contributed by atoms with Crippen molar-refractivity contribution in [3.8, 4) is 5.75 Å². The van der Waals surface area contributed by atoms with Gasteiger partial charge in [-0.05, 0) is 36.1 Å². The molecule has 0 aromatic carbocycles. The monoisotopic (exact) mass is 278 g/mol. The highest BCUT2D eigenvalue weighted by Crippen LogP contribution is 2.28. The second-order valence-electron chi connectivity index (χ2n) is 4.09. The van der Waals surface area contributed by atoms with Crippen molar-refractivity contribution in [3.63, 3.8) is 0 Å². The number of nitrogens with one attached hydrogen (secondary N) is 1. The third-order valence-electron chi connectivity index (χ3n) is 2.89. The van der Waals surface area contributed by atoms with Crippen molar-refractivity contribution in [2.75, 3.05) is 13.7 Å². The van der Waals surface area contributed by atoms with Crippen LogP contribution in [0.1, 0.15) is 36.0 Å². The molecule has 2 rings (SSSR count). The van der Waals surface area contributed by atoms with Crippen LogP contribution >= 0.6 is 11.5 Å². The first-order valence-corrected chi connectivity index (χ1v) is 7.10. The molecule has 1 atom stereocenters. The summed E-state index contributed by atoms with van der Waals surface area (Å²) < 4.78 is 9.30. The summed E-state index contributed by atoms with van der Waals surface area (Å²) in [6.07, 6.45) is 4.44. The minimum atomic E-state index is 0.0718. The van der Waals surface area contributed by atoms with E-state index in [1.54, 1.807) is 13.3 Å².